The maximum atomic E-state index is 12.2. The minimum atomic E-state index is -0.480. The van der Waals surface area contributed by atoms with Crippen LogP contribution in [-0.2, 0) is 20.9 Å². The lowest BCUT2D eigenvalue weighted by Gasteiger charge is -2.18. The van der Waals surface area contributed by atoms with Crippen LogP contribution in [-0.4, -0.2) is 25.2 Å². The highest BCUT2D eigenvalue weighted by Gasteiger charge is 2.18. The fraction of sp³-hybridized carbons (Fsp3) is 0.360. The second kappa shape index (κ2) is 13.2. The molecule has 0 heterocycles. The Morgan fingerprint density at radius 1 is 0.967 bits per heavy atom. The zero-order valence-corrected chi connectivity index (χ0v) is 17.8. The smallest absolute Gasteiger partial charge is 0.407 e. The minimum Gasteiger partial charge on any atom is -0.461 e. The fourth-order valence-electron chi connectivity index (χ4n) is 3.09. The number of esters is 1. The van der Waals surface area contributed by atoms with E-state index in [4.69, 9.17) is 9.47 Å². The maximum Gasteiger partial charge on any atom is 0.407 e. The van der Waals surface area contributed by atoms with Crippen LogP contribution in [0.2, 0.25) is 0 Å². The molecule has 0 bridgehead atoms. The molecule has 0 unspecified atom stereocenters. The van der Waals surface area contributed by atoms with E-state index in [9.17, 15) is 9.59 Å². The third-order valence-corrected chi connectivity index (χ3v) is 4.46. The highest BCUT2D eigenvalue weighted by molar-refractivity contribution is 5.70. The van der Waals surface area contributed by atoms with Crippen molar-refractivity contribution in [3.05, 3.63) is 77.9 Å². The Kier molecular flexibility index (Phi) is 10.2. The van der Waals surface area contributed by atoms with Crippen LogP contribution >= 0.6 is 0 Å². The van der Waals surface area contributed by atoms with Gasteiger partial charge in [-0.05, 0) is 35.5 Å². The molecule has 2 aromatic carbocycles. The normalized spacial score (nSPS) is 12.0. The summed E-state index contributed by atoms with van der Waals surface area (Å²) < 4.78 is 10.6. The molecule has 0 spiro atoms. The van der Waals surface area contributed by atoms with Crippen molar-refractivity contribution >= 4 is 18.1 Å². The molecule has 0 aromatic heterocycles. The maximum absolute atomic E-state index is 12.2. The number of hydrogen-bond donors (Lipinski definition) is 1. The van der Waals surface area contributed by atoms with Crippen molar-refractivity contribution in [3.8, 4) is 0 Å². The summed E-state index contributed by atoms with van der Waals surface area (Å²) in [5.74, 6) is 0.139. The second-order valence-corrected chi connectivity index (χ2v) is 7.64. The molecule has 0 radical (unpaired) electrons. The predicted octanol–water partition coefficient (Wildman–Crippen LogP) is 5.22. The molecule has 0 saturated heterocycles. The lowest BCUT2D eigenvalue weighted by molar-refractivity contribution is -0.143. The van der Waals surface area contributed by atoms with Gasteiger partial charge in [-0.15, -0.1) is 0 Å². The van der Waals surface area contributed by atoms with Crippen LogP contribution in [0.5, 0.6) is 0 Å². The molecule has 2 rings (SSSR count). The number of rotatable bonds is 11. The molecule has 1 atom stereocenters. The third-order valence-electron chi connectivity index (χ3n) is 4.46. The van der Waals surface area contributed by atoms with Crippen LogP contribution in [0.25, 0.3) is 6.08 Å². The van der Waals surface area contributed by atoms with Crippen LogP contribution in [0, 0.1) is 11.8 Å². The van der Waals surface area contributed by atoms with Gasteiger partial charge in [0, 0.05) is 6.54 Å². The Balaban J connectivity index is 1.72. The van der Waals surface area contributed by atoms with Gasteiger partial charge in [-0.1, -0.05) is 80.6 Å². The van der Waals surface area contributed by atoms with Crippen LogP contribution < -0.4 is 5.32 Å². The molecule has 0 aliphatic heterocycles. The van der Waals surface area contributed by atoms with Crippen molar-refractivity contribution in [2.24, 2.45) is 11.8 Å². The number of carbonyl (C=O) groups is 2. The summed E-state index contributed by atoms with van der Waals surface area (Å²) in [6.07, 6.45) is 4.34. The lowest BCUT2D eigenvalue weighted by atomic mass is 9.94. The Morgan fingerprint density at radius 2 is 1.63 bits per heavy atom. The summed E-state index contributed by atoms with van der Waals surface area (Å²) in [4.78, 5) is 24.2. The first-order chi connectivity index (χ1) is 14.5. The molecular weight excluding hydrogens is 378 g/mol. The first-order valence-electron chi connectivity index (χ1n) is 10.3. The van der Waals surface area contributed by atoms with Crippen molar-refractivity contribution in [1.29, 1.82) is 0 Å². The lowest BCUT2D eigenvalue weighted by Crippen LogP contribution is -2.31. The van der Waals surface area contributed by atoms with Crippen molar-refractivity contribution in [2.45, 2.75) is 33.3 Å². The molecule has 2 aromatic rings. The largest absolute Gasteiger partial charge is 0.461 e. The molecule has 0 fully saturated rings. The van der Waals surface area contributed by atoms with Gasteiger partial charge in [0.15, 0.2) is 0 Å². The Labute approximate surface area is 179 Å². The molecule has 1 N–H and O–H groups in total. The van der Waals surface area contributed by atoms with E-state index in [2.05, 4.69) is 19.2 Å². The average molecular weight is 410 g/mol. The van der Waals surface area contributed by atoms with E-state index in [0.29, 0.717) is 12.5 Å². The number of amides is 1. The second-order valence-electron chi connectivity index (χ2n) is 7.64. The van der Waals surface area contributed by atoms with Gasteiger partial charge in [0.25, 0.3) is 0 Å². The van der Waals surface area contributed by atoms with E-state index >= 15 is 0 Å². The van der Waals surface area contributed by atoms with Gasteiger partial charge in [-0.2, -0.15) is 0 Å². The Hall–Kier alpha value is -3.08. The van der Waals surface area contributed by atoms with Gasteiger partial charge in [-0.3, -0.25) is 4.79 Å². The van der Waals surface area contributed by atoms with Crippen molar-refractivity contribution < 1.29 is 19.1 Å². The average Bonchev–Trinajstić information content (AvgIpc) is 2.75. The number of hydrogen-bond acceptors (Lipinski definition) is 4. The molecule has 0 saturated carbocycles. The van der Waals surface area contributed by atoms with Crippen molar-refractivity contribution in [1.82, 2.24) is 5.32 Å². The van der Waals surface area contributed by atoms with Crippen LogP contribution in [0.3, 0.4) is 0 Å². The quantitative estimate of drug-likeness (QED) is 0.517. The number of benzene rings is 2. The monoisotopic (exact) mass is 409 g/mol. The number of ether oxygens (including phenoxy) is 2. The van der Waals surface area contributed by atoms with Gasteiger partial charge in [0.1, 0.15) is 13.2 Å². The van der Waals surface area contributed by atoms with Crippen molar-refractivity contribution in [3.63, 3.8) is 0 Å². The zero-order chi connectivity index (χ0) is 21.6. The number of nitrogens with one attached hydrogen (secondary N) is 1. The Bertz CT molecular complexity index is 787. The van der Waals surface area contributed by atoms with Crippen LogP contribution in [0.1, 0.15) is 37.8 Å². The van der Waals surface area contributed by atoms with Crippen molar-refractivity contribution in [2.75, 3.05) is 13.2 Å². The fourth-order valence-corrected chi connectivity index (χ4v) is 3.09. The Morgan fingerprint density at radius 3 is 2.30 bits per heavy atom. The van der Waals surface area contributed by atoms with E-state index in [1.165, 1.54) is 0 Å². The molecule has 30 heavy (non-hydrogen) atoms. The standard InChI is InChI=1S/C25H31NO4/c1-20(2)16-23(18-26-25(28)30-19-22-12-7-4-8-13-22)17-24(27)29-15-9-14-21-10-5-3-6-11-21/h3-14,20,23H,15-19H2,1-2H3,(H,26,28)/b14-9+/t23-/m0/s1. The van der Waals surface area contributed by atoms with E-state index in [1.54, 1.807) is 0 Å². The number of alkyl carbamates (subject to hydrolysis) is 1. The first-order valence-corrected chi connectivity index (χ1v) is 10.3. The zero-order valence-electron chi connectivity index (χ0n) is 17.8. The molecule has 0 aliphatic carbocycles. The highest BCUT2D eigenvalue weighted by atomic mass is 16.5. The van der Waals surface area contributed by atoms with Crippen LogP contribution in [0.15, 0.2) is 66.7 Å². The third kappa shape index (κ3) is 9.92. The summed E-state index contributed by atoms with van der Waals surface area (Å²) in [7, 11) is 0. The summed E-state index contributed by atoms with van der Waals surface area (Å²) in [6.45, 7) is 5.01. The van der Waals surface area contributed by atoms with Gasteiger partial charge < -0.3 is 14.8 Å². The topological polar surface area (TPSA) is 64.6 Å². The summed E-state index contributed by atoms with van der Waals surface area (Å²) in [5, 5.41) is 2.77. The predicted molar refractivity (Wildman–Crippen MR) is 119 cm³/mol. The molecule has 160 valence electrons. The SMILES string of the molecule is CC(C)C[C@H](CNC(=O)OCc1ccccc1)CC(=O)OC/C=C/c1ccccc1. The van der Waals surface area contributed by atoms with Gasteiger partial charge in [0.05, 0.1) is 6.42 Å². The molecule has 5 nitrogen and oxygen atoms in total. The molecule has 5 heteroatoms. The summed E-state index contributed by atoms with van der Waals surface area (Å²) in [5.41, 5.74) is 1.99. The van der Waals surface area contributed by atoms with E-state index < -0.39 is 6.09 Å². The van der Waals surface area contributed by atoms with E-state index in [0.717, 1.165) is 17.5 Å². The minimum absolute atomic E-state index is 0.000113. The number of carbonyl (C=O) groups excluding carboxylic acids is 2. The summed E-state index contributed by atoms with van der Waals surface area (Å²) in [6, 6.07) is 19.4. The van der Waals surface area contributed by atoms with Gasteiger partial charge >= 0.3 is 12.1 Å². The van der Waals surface area contributed by atoms with Crippen LogP contribution in [0.4, 0.5) is 4.79 Å². The molecule has 0 aliphatic rings. The van der Waals surface area contributed by atoms with E-state index in [-0.39, 0.29) is 31.5 Å². The highest BCUT2D eigenvalue weighted by Crippen LogP contribution is 2.16. The van der Waals surface area contributed by atoms with Gasteiger partial charge in [0.2, 0.25) is 0 Å². The summed E-state index contributed by atoms with van der Waals surface area (Å²) >= 11 is 0. The molecule has 1 amide bonds. The first kappa shape index (κ1) is 23.2. The molecular formula is C25H31NO4. The van der Waals surface area contributed by atoms with E-state index in [1.807, 2.05) is 72.8 Å². The van der Waals surface area contributed by atoms with Gasteiger partial charge in [-0.25, -0.2) is 4.79 Å².